The van der Waals surface area contributed by atoms with Gasteiger partial charge in [-0.2, -0.15) is 0 Å². The number of amides is 2. The molecule has 3 rings (SSSR count). The number of carbonyl (C=O) groups excluding carboxylic acids is 1. The van der Waals surface area contributed by atoms with Crippen LogP contribution in [0.25, 0.3) is 0 Å². The lowest BCUT2D eigenvalue weighted by atomic mass is 9.95. The Hall–Kier alpha value is -1.59. The lowest BCUT2D eigenvalue weighted by Gasteiger charge is -2.38. The normalized spacial score (nSPS) is 20.8. The highest BCUT2D eigenvalue weighted by atomic mass is 16.5. The molecule has 5 heteroatoms. The molecule has 1 aromatic carbocycles. The summed E-state index contributed by atoms with van der Waals surface area (Å²) in [6.45, 7) is 6.99. The predicted octanol–water partition coefficient (Wildman–Crippen LogP) is 2.54. The van der Waals surface area contributed by atoms with E-state index in [0.29, 0.717) is 31.7 Å². The molecule has 0 radical (unpaired) electrons. The third-order valence-electron chi connectivity index (χ3n) is 5.76. The summed E-state index contributed by atoms with van der Waals surface area (Å²) in [5.74, 6) is 0.548. The Labute approximate surface area is 157 Å². The van der Waals surface area contributed by atoms with Crippen molar-refractivity contribution in [3.8, 4) is 0 Å². The molecule has 2 aliphatic rings. The van der Waals surface area contributed by atoms with Gasteiger partial charge in [-0.05, 0) is 56.2 Å². The third kappa shape index (κ3) is 4.77. The number of piperidine rings is 1. The van der Waals surface area contributed by atoms with E-state index in [2.05, 4.69) is 34.5 Å². The minimum atomic E-state index is 0.0370. The molecule has 1 heterocycles. The van der Waals surface area contributed by atoms with Gasteiger partial charge in [-0.3, -0.25) is 4.90 Å². The quantitative estimate of drug-likeness (QED) is 0.814. The summed E-state index contributed by atoms with van der Waals surface area (Å²) in [5, 5.41) is 2.94. The van der Waals surface area contributed by atoms with Crippen molar-refractivity contribution >= 4 is 6.03 Å². The highest BCUT2D eigenvalue weighted by molar-refractivity contribution is 5.74. The number of nitrogens with one attached hydrogen (secondary N) is 1. The van der Waals surface area contributed by atoms with Crippen LogP contribution in [0.3, 0.4) is 0 Å². The van der Waals surface area contributed by atoms with Crippen LogP contribution in [0, 0.1) is 5.92 Å². The van der Waals surface area contributed by atoms with E-state index in [4.69, 9.17) is 4.74 Å². The molecule has 1 atom stereocenters. The Kier molecular flexibility index (Phi) is 6.92. The SMILES string of the molecule is CCNC(=O)N(CCOC)CC1CCCN(C2Cc3ccccc3C2)C1. The number of likely N-dealkylation sites (tertiary alicyclic amines) is 1. The van der Waals surface area contributed by atoms with Crippen molar-refractivity contribution in [1.82, 2.24) is 15.1 Å². The lowest BCUT2D eigenvalue weighted by Crippen LogP contribution is -2.49. The van der Waals surface area contributed by atoms with Gasteiger partial charge in [-0.15, -0.1) is 0 Å². The van der Waals surface area contributed by atoms with Crippen LogP contribution < -0.4 is 5.32 Å². The number of methoxy groups -OCH3 is 1. The molecule has 1 aliphatic heterocycles. The fraction of sp³-hybridized carbons (Fsp3) is 0.667. The van der Waals surface area contributed by atoms with Gasteiger partial charge in [0.25, 0.3) is 0 Å². The number of nitrogens with zero attached hydrogens (tertiary/aromatic N) is 2. The van der Waals surface area contributed by atoms with Crippen LogP contribution in [0.2, 0.25) is 0 Å². The molecule has 0 bridgehead atoms. The summed E-state index contributed by atoms with van der Waals surface area (Å²) in [7, 11) is 1.69. The van der Waals surface area contributed by atoms with Crippen LogP contribution in [0.5, 0.6) is 0 Å². The zero-order valence-corrected chi connectivity index (χ0v) is 16.2. The van der Waals surface area contributed by atoms with E-state index in [0.717, 1.165) is 13.1 Å². The average molecular weight is 360 g/mol. The number of fused-ring (bicyclic) bond motifs is 1. The Morgan fingerprint density at radius 3 is 2.69 bits per heavy atom. The van der Waals surface area contributed by atoms with Crippen molar-refractivity contribution < 1.29 is 9.53 Å². The molecule has 5 nitrogen and oxygen atoms in total. The number of carbonyl (C=O) groups is 1. The molecule has 26 heavy (non-hydrogen) atoms. The second kappa shape index (κ2) is 9.38. The molecular weight excluding hydrogens is 326 g/mol. The molecule has 1 unspecified atom stereocenters. The first kappa shape index (κ1) is 19.2. The first-order chi connectivity index (χ1) is 12.7. The number of urea groups is 1. The van der Waals surface area contributed by atoms with E-state index in [1.54, 1.807) is 7.11 Å². The summed E-state index contributed by atoms with van der Waals surface area (Å²) < 4.78 is 5.20. The van der Waals surface area contributed by atoms with E-state index in [1.807, 2.05) is 11.8 Å². The Balaban J connectivity index is 1.56. The molecule has 144 valence electrons. The van der Waals surface area contributed by atoms with Crippen molar-refractivity contribution in [2.75, 3.05) is 46.4 Å². The first-order valence-corrected chi connectivity index (χ1v) is 10.0. The van der Waals surface area contributed by atoms with Gasteiger partial charge in [0.05, 0.1) is 6.61 Å². The van der Waals surface area contributed by atoms with E-state index in [-0.39, 0.29) is 6.03 Å². The fourth-order valence-electron chi connectivity index (χ4n) is 4.42. The number of rotatable bonds is 7. The molecule has 1 aromatic rings. The average Bonchev–Trinajstić information content (AvgIpc) is 3.10. The molecule has 1 N–H and O–H groups in total. The van der Waals surface area contributed by atoms with Gasteiger partial charge in [0.15, 0.2) is 0 Å². The summed E-state index contributed by atoms with van der Waals surface area (Å²) in [5.41, 5.74) is 3.03. The minimum absolute atomic E-state index is 0.0370. The zero-order valence-electron chi connectivity index (χ0n) is 16.2. The highest BCUT2D eigenvalue weighted by Crippen LogP contribution is 2.29. The number of ether oxygens (including phenoxy) is 1. The third-order valence-corrected chi connectivity index (χ3v) is 5.76. The Morgan fingerprint density at radius 1 is 1.31 bits per heavy atom. The monoisotopic (exact) mass is 359 g/mol. The summed E-state index contributed by atoms with van der Waals surface area (Å²) >= 11 is 0. The second-order valence-electron chi connectivity index (χ2n) is 7.61. The number of benzene rings is 1. The second-order valence-corrected chi connectivity index (χ2v) is 7.61. The number of hydrogen-bond acceptors (Lipinski definition) is 3. The predicted molar refractivity (Wildman–Crippen MR) is 104 cm³/mol. The Morgan fingerprint density at radius 2 is 2.04 bits per heavy atom. The van der Waals surface area contributed by atoms with Crippen LogP contribution in [-0.2, 0) is 17.6 Å². The van der Waals surface area contributed by atoms with Gasteiger partial charge in [-0.1, -0.05) is 24.3 Å². The molecule has 1 saturated heterocycles. The maximum absolute atomic E-state index is 12.4. The van der Waals surface area contributed by atoms with Gasteiger partial charge in [-0.25, -0.2) is 4.79 Å². The van der Waals surface area contributed by atoms with E-state index in [9.17, 15) is 4.79 Å². The van der Waals surface area contributed by atoms with Crippen LogP contribution in [0.4, 0.5) is 4.79 Å². The largest absolute Gasteiger partial charge is 0.383 e. The molecule has 0 saturated carbocycles. The van der Waals surface area contributed by atoms with Crippen molar-refractivity contribution in [3.05, 3.63) is 35.4 Å². The van der Waals surface area contributed by atoms with Crippen molar-refractivity contribution in [2.45, 2.75) is 38.6 Å². The fourth-order valence-corrected chi connectivity index (χ4v) is 4.42. The highest BCUT2D eigenvalue weighted by Gasteiger charge is 2.31. The maximum Gasteiger partial charge on any atom is 0.317 e. The molecule has 1 aliphatic carbocycles. The van der Waals surface area contributed by atoms with Crippen LogP contribution in [-0.4, -0.2) is 68.3 Å². The molecule has 0 spiro atoms. The molecule has 2 amide bonds. The van der Waals surface area contributed by atoms with Crippen LogP contribution in [0.15, 0.2) is 24.3 Å². The van der Waals surface area contributed by atoms with Crippen molar-refractivity contribution in [2.24, 2.45) is 5.92 Å². The van der Waals surface area contributed by atoms with Gasteiger partial charge < -0.3 is 15.0 Å². The van der Waals surface area contributed by atoms with Gasteiger partial charge in [0.2, 0.25) is 0 Å². The standard InChI is InChI=1S/C21H33N3O2/c1-3-22-21(25)24(11-12-26-2)16-17-7-6-10-23(15-17)20-13-18-8-4-5-9-19(18)14-20/h4-5,8-9,17,20H,3,6-7,10-16H2,1-2H3,(H,22,25). The summed E-state index contributed by atoms with van der Waals surface area (Å²) in [6, 6.07) is 9.53. The van der Waals surface area contributed by atoms with Gasteiger partial charge in [0, 0.05) is 39.3 Å². The summed E-state index contributed by atoms with van der Waals surface area (Å²) in [6.07, 6.45) is 4.78. The summed E-state index contributed by atoms with van der Waals surface area (Å²) in [4.78, 5) is 17.0. The number of hydrogen-bond donors (Lipinski definition) is 1. The Bertz CT molecular complexity index is 567. The van der Waals surface area contributed by atoms with Gasteiger partial charge in [0.1, 0.15) is 0 Å². The van der Waals surface area contributed by atoms with Crippen molar-refractivity contribution in [3.63, 3.8) is 0 Å². The zero-order chi connectivity index (χ0) is 18.4. The maximum atomic E-state index is 12.4. The van der Waals surface area contributed by atoms with Crippen LogP contribution >= 0.6 is 0 Å². The first-order valence-electron chi connectivity index (χ1n) is 10.0. The van der Waals surface area contributed by atoms with Crippen LogP contribution in [0.1, 0.15) is 30.9 Å². The smallest absolute Gasteiger partial charge is 0.317 e. The van der Waals surface area contributed by atoms with Crippen molar-refractivity contribution in [1.29, 1.82) is 0 Å². The van der Waals surface area contributed by atoms with E-state index in [1.165, 1.54) is 43.4 Å². The molecule has 0 aromatic heterocycles. The van der Waals surface area contributed by atoms with E-state index >= 15 is 0 Å². The molecular formula is C21H33N3O2. The minimum Gasteiger partial charge on any atom is -0.383 e. The van der Waals surface area contributed by atoms with E-state index < -0.39 is 0 Å². The lowest BCUT2D eigenvalue weighted by molar-refractivity contribution is 0.0956. The molecule has 1 fully saturated rings. The topological polar surface area (TPSA) is 44.8 Å². The van der Waals surface area contributed by atoms with Gasteiger partial charge >= 0.3 is 6.03 Å².